The van der Waals surface area contributed by atoms with Crippen LogP contribution in [0.5, 0.6) is 0 Å². The SMILES string of the molecule is CCC1CN(CC2(CNC(C)C)CCOC2)CCS1. The zero-order valence-corrected chi connectivity index (χ0v) is 13.6. The molecule has 3 nitrogen and oxygen atoms in total. The predicted octanol–water partition coefficient (Wildman–Crippen LogP) is 2.22. The van der Waals surface area contributed by atoms with Crippen LogP contribution in [0.25, 0.3) is 0 Å². The molecular weight excluding hydrogens is 256 g/mol. The second-order valence-corrected chi connectivity index (χ2v) is 7.88. The van der Waals surface area contributed by atoms with Crippen molar-refractivity contribution in [3.8, 4) is 0 Å². The Hall–Kier alpha value is 0.230. The molecule has 0 aromatic heterocycles. The molecule has 0 aliphatic carbocycles. The largest absolute Gasteiger partial charge is 0.381 e. The molecule has 2 unspecified atom stereocenters. The van der Waals surface area contributed by atoms with Gasteiger partial charge in [0.2, 0.25) is 0 Å². The highest BCUT2D eigenvalue weighted by Gasteiger charge is 2.37. The van der Waals surface area contributed by atoms with Crippen LogP contribution < -0.4 is 5.32 Å². The monoisotopic (exact) mass is 286 g/mol. The molecule has 19 heavy (non-hydrogen) atoms. The molecule has 0 saturated carbocycles. The van der Waals surface area contributed by atoms with Crippen molar-refractivity contribution in [2.45, 2.75) is 44.9 Å². The normalized spacial score (nSPS) is 33.2. The quantitative estimate of drug-likeness (QED) is 0.809. The summed E-state index contributed by atoms with van der Waals surface area (Å²) in [6.45, 7) is 13.5. The Balaban J connectivity index is 1.88. The third kappa shape index (κ3) is 4.62. The van der Waals surface area contributed by atoms with Gasteiger partial charge in [-0.1, -0.05) is 20.8 Å². The lowest BCUT2D eigenvalue weighted by molar-refractivity contribution is 0.108. The van der Waals surface area contributed by atoms with Crippen molar-refractivity contribution in [2.75, 3.05) is 45.1 Å². The van der Waals surface area contributed by atoms with Crippen LogP contribution in [0.3, 0.4) is 0 Å². The Morgan fingerprint density at radius 2 is 2.32 bits per heavy atom. The molecule has 2 heterocycles. The first kappa shape index (κ1) is 15.6. The molecule has 0 amide bonds. The average Bonchev–Trinajstić information content (AvgIpc) is 2.86. The van der Waals surface area contributed by atoms with Crippen LogP contribution in [0.4, 0.5) is 0 Å². The van der Waals surface area contributed by atoms with E-state index in [4.69, 9.17) is 4.74 Å². The topological polar surface area (TPSA) is 24.5 Å². The van der Waals surface area contributed by atoms with Crippen molar-refractivity contribution in [2.24, 2.45) is 5.41 Å². The summed E-state index contributed by atoms with van der Waals surface area (Å²) >= 11 is 2.15. The van der Waals surface area contributed by atoms with Gasteiger partial charge in [-0.2, -0.15) is 11.8 Å². The van der Waals surface area contributed by atoms with Crippen LogP contribution in [0.15, 0.2) is 0 Å². The molecule has 4 heteroatoms. The molecule has 2 rings (SSSR count). The minimum atomic E-state index is 0.352. The van der Waals surface area contributed by atoms with Gasteiger partial charge in [-0.05, 0) is 12.8 Å². The van der Waals surface area contributed by atoms with Crippen LogP contribution in [0, 0.1) is 5.41 Å². The van der Waals surface area contributed by atoms with Gasteiger partial charge in [0.05, 0.1) is 6.61 Å². The highest BCUT2D eigenvalue weighted by molar-refractivity contribution is 8.00. The van der Waals surface area contributed by atoms with Gasteiger partial charge in [-0.25, -0.2) is 0 Å². The van der Waals surface area contributed by atoms with Crippen LogP contribution >= 0.6 is 11.8 Å². The standard InChI is InChI=1S/C15H30N2OS/c1-4-14-9-17(6-8-19-14)11-15(5-7-18-12-15)10-16-13(2)3/h13-14,16H,4-12H2,1-3H3. The summed E-state index contributed by atoms with van der Waals surface area (Å²) in [5.41, 5.74) is 0.352. The second-order valence-electron chi connectivity index (χ2n) is 6.47. The number of nitrogens with zero attached hydrogens (tertiary/aromatic N) is 1. The second kappa shape index (κ2) is 7.30. The fourth-order valence-corrected chi connectivity index (χ4v) is 4.28. The molecule has 0 spiro atoms. The summed E-state index contributed by atoms with van der Waals surface area (Å²) in [4.78, 5) is 2.68. The lowest BCUT2D eigenvalue weighted by atomic mass is 9.86. The molecule has 0 aromatic carbocycles. The Morgan fingerprint density at radius 1 is 1.47 bits per heavy atom. The predicted molar refractivity (Wildman–Crippen MR) is 84.0 cm³/mol. The van der Waals surface area contributed by atoms with E-state index in [9.17, 15) is 0 Å². The minimum Gasteiger partial charge on any atom is -0.381 e. The van der Waals surface area contributed by atoms with Gasteiger partial charge in [-0.3, -0.25) is 0 Å². The van der Waals surface area contributed by atoms with Gasteiger partial charge < -0.3 is 15.0 Å². The van der Waals surface area contributed by atoms with E-state index in [1.54, 1.807) is 0 Å². The fourth-order valence-electron chi connectivity index (χ4n) is 3.04. The molecule has 0 radical (unpaired) electrons. The number of hydrogen-bond donors (Lipinski definition) is 1. The number of rotatable bonds is 6. The maximum Gasteiger partial charge on any atom is 0.0547 e. The van der Waals surface area contributed by atoms with Crippen molar-refractivity contribution in [1.29, 1.82) is 0 Å². The summed E-state index contributed by atoms with van der Waals surface area (Å²) in [5, 5.41) is 4.47. The zero-order chi connectivity index (χ0) is 13.7. The molecule has 2 aliphatic heterocycles. The summed E-state index contributed by atoms with van der Waals surface area (Å²) < 4.78 is 5.72. The molecule has 2 fully saturated rings. The van der Waals surface area contributed by atoms with Crippen molar-refractivity contribution in [3.63, 3.8) is 0 Å². The van der Waals surface area contributed by atoms with Crippen molar-refractivity contribution >= 4 is 11.8 Å². The molecule has 2 atom stereocenters. The highest BCUT2D eigenvalue weighted by atomic mass is 32.2. The van der Waals surface area contributed by atoms with Crippen LogP contribution in [0.2, 0.25) is 0 Å². The smallest absolute Gasteiger partial charge is 0.0547 e. The molecule has 0 bridgehead atoms. The van der Waals surface area contributed by atoms with E-state index in [1.165, 1.54) is 38.2 Å². The fraction of sp³-hybridized carbons (Fsp3) is 1.00. The summed E-state index contributed by atoms with van der Waals surface area (Å²) in [6, 6.07) is 0.567. The maximum absolute atomic E-state index is 5.72. The van der Waals surface area contributed by atoms with Crippen LogP contribution in [0.1, 0.15) is 33.6 Å². The number of hydrogen-bond acceptors (Lipinski definition) is 4. The molecule has 112 valence electrons. The first-order valence-corrected chi connectivity index (χ1v) is 8.83. The first-order chi connectivity index (χ1) is 9.13. The van der Waals surface area contributed by atoms with Gasteiger partial charge in [0.15, 0.2) is 0 Å². The van der Waals surface area contributed by atoms with Gasteiger partial charge in [0.1, 0.15) is 0 Å². The number of nitrogens with one attached hydrogen (secondary N) is 1. The summed E-state index contributed by atoms with van der Waals surface area (Å²) in [6.07, 6.45) is 2.52. The van der Waals surface area contributed by atoms with Crippen LogP contribution in [-0.2, 0) is 4.74 Å². The van der Waals surface area contributed by atoms with Crippen molar-refractivity contribution < 1.29 is 4.74 Å². The van der Waals surface area contributed by atoms with Crippen LogP contribution in [-0.4, -0.2) is 61.3 Å². The molecule has 1 N–H and O–H groups in total. The maximum atomic E-state index is 5.72. The van der Waals surface area contributed by atoms with E-state index < -0.39 is 0 Å². The van der Waals surface area contributed by atoms with E-state index in [1.807, 2.05) is 0 Å². The van der Waals surface area contributed by atoms with E-state index in [-0.39, 0.29) is 0 Å². The highest BCUT2D eigenvalue weighted by Crippen LogP contribution is 2.31. The van der Waals surface area contributed by atoms with Gasteiger partial charge in [0.25, 0.3) is 0 Å². The Morgan fingerprint density at radius 3 is 2.95 bits per heavy atom. The molecular formula is C15H30N2OS. The lowest BCUT2D eigenvalue weighted by Gasteiger charge is -2.39. The number of ether oxygens (including phenoxy) is 1. The van der Waals surface area contributed by atoms with E-state index in [2.05, 4.69) is 42.7 Å². The Bertz CT molecular complexity index is 267. The van der Waals surface area contributed by atoms with Gasteiger partial charge in [0, 0.05) is 55.2 Å². The summed E-state index contributed by atoms with van der Waals surface area (Å²) in [7, 11) is 0. The third-order valence-electron chi connectivity index (χ3n) is 4.31. The van der Waals surface area contributed by atoms with E-state index in [0.717, 1.165) is 25.0 Å². The van der Waals surface area contributed by atoms with Gasteiger partial charge >= 0.3 is 0 Å². The van der Waals surface area contributed by atoms with Gasteiger partial charge in [-0.15, -0.1) is 0 Å². The zero-order valence-electron chi connectivity index (χ0n) is 12.8. The first-order valence-electron chi connectivity index (χ1n) is 7.79. The minimum absolute atomic E-state index is 0.352. The van der Waals surface area contributed by atoms with E-state index in [0.29, 0.717) is 11.5 Å². The average molecular weight is 286 g/mol. The number of thioether (sulfide) groups is 1. The van der Waals surface area contributed by atoms with Crippen molar-refractivity contribution in [3.05, 3.63) is 0 Å². The Kier molecular flexibility index (Phi) is 6.00. The third-order valence-corrected chi connectivity index (χ3v) is 5.68. The van der Waals surface area contributed by atoms with Crippen molar-refractivity contribution in [1.82, 2.24) is 10.2 Å². The molecule has 0 aromatic rings. The Labute approximate surface area is 122 Å². The molecule has 2 aliphatic rings. The lowest BCUT2D eigenvalue weighted by Crippen LogP contribution is -2.49. The summed E-state index contributed by atoms with van der Waals surface area (Å²) in [5.74, 6) is 1.30. The molecule has 2 saturated heterocycles. The van der Waals surface area contributed by atoms with E-state index >= 15 is 0 Å².